The van der Waals surface area contributed by atoms with Crippen molar-refractivity contribution in [2.75, 3.05) is 26.4 Å². The zero-order chi connectivity index (χ0) is 15.5. The SMILES string of the molecule is CN(C)C1(CNC(=O)c2ccc(N)c(F)c2)CCCCC1. The Morgan fingerprint density at radius 3 is 2.57 bits per heavy atom. The molecule has 0 saturated heterocycles. The Hall–Kier alpha value is -1.62. The van der Waals surface area contributed by atoms with E-state index in [1.165, 1.54) is 31.4 Å². The van der Waals surface area contributed by atoms with Gasteiger partial charge < -0.3 is 16.0 Å². The van der Waals surface area contributed by atoms with Crippen molar-refractivity contribution < 1.29 is 9.18 Å². The Labute approximate surface area is 125 Å². The molecule has 1 aromatic rings. The van der Waals surface area contributed by atoms with Crippen LogP contribution in [0.2, 0.25) is 0 Å². The molecule has 0 bridgehead atoms. The Morgan fingerprint density at radius 1 is 1.33 bits per heavy atom. The summed E-state index contributed by atoms with van der Waals surface area (Å²) in [5, 5.41) is 2.95. The number of nitrogen functional groups attached to an aromatic ring is 1. The summed E-state index contributed by atoms with van der Waals surface area (Å²) in [5.74, 6) is -0.802. The number of amides is 1. The normalized spacial score (nSPS) is 17.7. The topological polar surface area (TPSA) is 58.4 Å². The van der Waals surface area contributed by atoms with Crippen LogP contribution in [0.15, 0.2) is 18.2 Å². The van der Waals surface area contributed by atoms with E-state index in [0.717, 1.165) is 12.8 Å². The van der Waals surface area contributed by atoms with Crippen LogP contribution in [-0.2, 0) is 0 Å². The van der Waals surface area contributed by atoms with Gasteiger partial charge in [-0.2, -0.15) is 0 Å². The van der Waals surface area contributed by atoms with Gasteiger partial charge in [-0.1, -0.05) is 19.3 Å². The zero-order valence-electron chi connectivity index (χ0n) is 12.8. The fourth-order valence-electron chi connectivity index (χ4n) is 3.01. The van der Waals surface area contributed by atoms with Gasteiger partial charge in [0.25, 0.3) is 5.91 Å². The first-order valence-electron chi connectivity index (χ1n) is 7.45. The Balaban J connectivity index is 2.03. The van der Waals surface area contributed by atoms with Gasteiger partial charge in [0, 0.05) is 17.6 Å². The molecule has 0 spiro atoms. The number of anilines is 1. The van der Waals surface area contributed by atoms with Crippen molar-refractivity contribution >= 4 is 11.6 Å². The average Bonchev–Trinajstić information content (AvgIpc) is 2.48. The molecule has 0 heterocycles. The van der Waals surface area contributed by atoms with Gasteiger partial charge in [-0.25, -0.2) is 4.39 Å². The third-order valence-corrected chi connectivity index (χ3v) is 4.57. The van der Waals surface area contributed by atoms with Crippen LogP contribution in [0.25, 0.3) is 0 Å². The Kier molecular flexibility index (Phi) is 4.83. The van der Waals surface area contributed by atoms with Crippen LogP contribution in [0.3, 0.4) is 0 Å². The summed E-state index contributed by atoms with van der Waals surface area (Å²) in [6.45, 7) is 0.588. The van der Waals surface area contributed by atoms with E-state index in [1.807, 2.05) is 0 Å². The predicted molar refractivity (Wildman–Crippen MR) is 82.6 cm³/mol. The highest BCUT2D eigenvalue weighted by molar-refractivity contribution is 5.94. The maximum Gasteiger partial charge on any atom is 0.251 e. The van der Waals surface area contributed by atoms with Crippen LogP contribution >= 0.6 is 0 Å². The molecule has 1 fully saturated rings. The van der Waals surface area contributed by atoms with Gasteiger partial charge in [-0.15, -0.1) is 0 Å². The molecule has 0 atom stereocenters. The Morgan fingerprint density at radius 2 is 2.00 bits per heavy atom. The molecule has 0 aliphatic heterocycles. The van der Waals surface area contributed by atoms with Gasteiger partial charge in [0.2, 0.25) is 0 Å². The number of halogens is 1. The number of benzene rings is 1. The van der Waals surface area contributed by atoms with Crippen LogP contribution in [0.4, 0.5) is 10.1 Å². The van der Waals surface area contributed by atoms with E-state index in [4.69, 9.17) is 5.73 Å². The summed E-state index contributed by atoms with van der Waals surface area (Å²) in [7, 11) is 4.11. The van der Waals surface area contributed by atoms with Crippen LogP contribution in [-0.4, -0.2) is 37.0 Å². The number of nitrogens with one attached hydrogen (secondary N) is 1. The van der Waals surface area contributed by atoms with Crippen molar-refractivity contribution in [3.8, 4) is 0 Å². The van der Waals surface area contributed by atoms with Crippen molar-refractivity contribution in [1.29, 1.82) is 0 Å². The van der Waals surface area contributed by atoms with Gasteiger partial charge in [0.05, 0.1) is 5.69 Å². The maximum atomic E-state index is 13.4. The molecule has 116 valence electrons. The molecule has 5 heteroatoms. The first-order valence-corrected chi connectivity index (χ1v) is 7.45. The highest BCUT2D eigenvalue weighted by Gasteiger charge is 2.34. The molecular formula is C16H24FN3O. The number of hydrogen-bond acceptors (Lipinski definition) is 3. The first kappa shape index (κ1) is 15.8. The molecule has 1 saturated carbocycles. The lowest BCUT2D eigenvalue weighted by Gasteiger charge is -2.43. The smallest absolute Gasteiger partial charge is 0.251 e. The molecule has 4 nitrogen and oxygen atoms in total. The molecule has 1 amide bonds. The monoisotopic (exact) mass is 293 g/mol. The quantitative estimate of drug-likeness (QED) is 0.838. The van der Waals surface area contributed by atoms with Gasteiger partial charge >= 0.3 is 0 Å². The molecule has 3 N–H and O–H groups in total. The largest absolute Gasteiger partial charge is 0.396 e. The molecule has 0 aromatic heterocycles. The van der Waals surface area contributed by atoms with Crippen LogP contribution in [0, 0.1) is 5.82 Å². The minimum Gasteiger partial charge on any atom is -0.396 e. The lowest BCUT2D eigenvalue weighted by atomic mass is 9.80. The number of nitrogens with two attached hydrogens (primary N) is 1. The molecule has 1 aromatic carbocycles. The molecule has 21 heavy (non-hydrogen) atoms. The van der Waals surface area contributed by atoms with Crippen molar-refractivity contribution in [3.63, 3.8) is 0 Å². The summed E-state index contributed by atoms with van der Waals surface area (Å²) in [6, 6.07) is 4.16. The number of carbonyl (C=O) groups is 1. The fourth-order valence-corrected chi connectivity index (χ4v) is 3.01. The number of hydrogen-bond donors (Lipinski definition) is 2. The molecular weight excluding hydrogens is 269 g/mol. The minimum absolute atomic E-state index is 0.0141. The van der Waals surface area contributed by atoms with E-state index in [9.17, 15) is 9.18 Å². The third kappa shape index (κ3) is 3.53. The Bertz CT molecular complexity index is 510. The van der Waals surface area contributed by atoms with Crippen molar-refractivity contribution in [3.05, 3.63) is 29.6 Å². The summed E-state index contributed by atoms with van der Waals surface area (Å²) in [4.78, 5) is 14.4. The van der Waals surface area contributed by atoms with E-state index in [-0.39, 0.29) is 17.1 Å². The van der Waals surface area contributed by atoms with Gasteiger partial charge in [-0.3, -0.25) is 4.79 Å². The second kappa shape index (κ2) is 6.43. The fraction of sp³-hybridized carbons (Fsp3) is 0.562. The van der Waals surface area contributed by atoms with Crippen molar-refractivity contribution in [2.45, 2.75) is 37.6 Å². The number of carbonyl (C=O) groups excluding carboxylic acids is 1. The van der Waals surface area contributed by atoms with Crippen LogP contribution < -0.4 is 11.1 Å². The standard InChI is InChI=1S/C16H24FN3O/c1-20(2)16(8-4-3-5-9-16)11-19-15(21)12-6-7-14(18)13(17)10-12/h6-7,10H,3-5,8-9,11,18H2,1-2H3,(H,19,21). The highest BCUT2D eigenvalue weighted by atomic mass is 19.1. The molecule has 0 unspecified atom stereocenters. The first-order chi connectivity index (χ1) is 9.94. The second-order valence-corrected chi connectivity index (χ2v) is 6.10. The van der Waals surface area contributed by atoms with E-state index < -0.39 is 5.82 Å². The molecule has 1 aliphatic rings. The van der Waals surface area contributed by atoms with Crippen LogP contribution in [0.1, 0.15) is 42.5 Å². The van der Waals surface area contributed by atoms with E-state index in [1.54, 1.807) is 6.07 Å². The molecule has 2 rings (SSSR count). The summed E-state index contributed by atoms with van der Waals surface area (Å²) >= 11 is 0. The predicted octanol–water partition coefficient (Wildman–Crippen LogP) is 2.40. The lowest BCUT2D eigenvalue weighted by molar-refractivity contribution is 0.0799. The summed E-state index contributed by atoms with van der Waals surface area (Å²) < 4.78 is 13.4. The minimum atomic E-state index is -0.553. The number of nitrogens with zero attached hydrogens (tertiary/aromatic N) is 1. The number of rotatable bonds is 4. The van der Waals surface area contributed by atoms with Gasteiger partial charge in [0.15, 0.2) is 0 Å². The molecule has 1 aliphatic carbocycles. The van der Waals surface area contributed by atoms with Gasteiger partial charge in [0.1, 0.15) is 5.82 Å². The van der Waals surface area contributed by atoms with Gasteiger partial charge in [-0.05, 0) is 45.1 Å². The van der Waals surface area contributed by atoms with E-state index >= 15 is 0 Å². The highest BCUT2D eigenvalue weighted by Crippen LogP contribution is 2.31. The number of likely N-dealkylation sites (N-methyl/N-ethyl adjacent to an activating group) is 1. The average molecular weight is 293 g/mol. The van der Waals surface area contributed by atoms with Crippen LogP contribution in [0.5, 0.6) is 0 Å². The van der Waals surface area contributed by atoms with Crippen molar-refractivity contribution in [1.82, 2.24) is 10.2 Å². The maximum absolute atomic E-state index is 13.4. The lowest BCUT2D eigenvalue weighted by Crippen LogP contribution is -2.53. The van der Waals surface area contributed by atoms with Crippen molar-refractivity contribution in [2.24, 2.45) is 0 Å². The summed E-state index contributed by atoms with van der Waals surface area (Å²) in [6.07, 6.45) is 5.79. The molecule has 0 radical (unpaired) electrons. The second-order valence-electron chi connectivity index (χ2n) is 6.10. The van der Waals surface area contributed by atoms with E-state index in [0.29, 0.717) is 12.1 Å². The van der Waals surface area contributed by atoms with E-state index in [2.05, 4.69) is 24.3 Å². The summed E-state index contributed by atoms with van der Waals surface area (Å²) in [5.41, 5.74) is 5.81. The third-order valence-electron chi connectivity index (χ3n) is 4.57. The zero-order valence-corrected chi connectivity index (χ0v) is 12.8.